The first kappa shape index (κ1) is 19.6. The maximum Gasteiger partial charge on any atom is 0.416 e. The summed E-state index contributed by atoms with van der Waals surface area (Å²) in [6.45, 7) is 6.45. The summed E-state index contributed by atoms with van der Waals surface area (Å²) in [6.07, 6.45) is -2.39. The predicted molar refractivity (Wildman–Crippen MR) is 79.2 cm³/mol. The molecule has 0 amide bonds. The Morgan fingerprint density at radius 2 is 1.70 bits per heavy atom. The summed E-state index contributed by atoms with van der Waals surface area (Å²) in [4.78, 5) is 11.9. The molecule has 0 saturated heterocycles. The van der Waals surface area contributed by atoms with Gasteiger partial charge in [0, 0.05) is 25.7 Å². The van der Waals surface area contributed by atoms with Gasteiger partial charge in [0.1, 0.15) is 5.78 Å². The van der Waals surface area contributed by atoms with E-state index in [4.69, 9.17) is 0 Å². The van der Waals surface area contributed by atoms with Gasteiger partial charge in [-0.1, -0.05) is 25.3 Å². The lowest BCUT2D eigenvalue weighted by Crippen LogP contribution is -2.24. The van der Waals surface area contributed by atoms with Crippen LogP contribution in [0, 0.1) is 5.92 Å². The van der Waals surface area contributed by atoms with E-state index in [0.717, 1.165) is 6.08 Å². The lowest BCUT2D eigenvalue weighted by Gasteiger charge is -2.28. The fourth-order valence-corrected chi connectivity index (χ4v) is 2.76. The van der Waals surface area contributed by atoms with Crippen molar-refractivity contribution in [3.05, 3.63) is 36.5 Å². The Morgan fingerprint density at radius 1 is 1.13 bits per heavy atom. The Kier molecular flexibility index (Phi) is 6.71. The molecule has 0 radical (unpaired) electrons. The van der Waals surface area contributed by atoms with E-state index in [1.165, 1.54) is 0 Å². The molecule has 1 aliphatic rings. The van der Waals surface area contributed by atoms with Crippen LogP contribution in [0.15, 0.2) is 36.5 Å². The first-order valence-corrected chi connectivity index (χ1v) is 7.54. The highest BCUT2D eigenvalue weighted by molar-refractivity contribution is 5.81. The number of allylic oxidation sites excluding steroid dienone is 4. The highest BCUT2D eigenvalue weighted by atomic mass is 19.4. The molecule has 0 aromatic heterocycles. The molecule has 0 atom stereocenters. The molecule has 0 aromatic carbocycles. The van der Waals surface area contributed by atoms with E-state index >= 15 is 0 Å². The number of carbonyl (C=O) groups is 1. The fraction of sp³-hybridized carbons (Fsp3) is 0.588. The number of hydrogen-bond acceptors (Lipinski definition) is 1. The van der Waals surface area contributed by atoms with Crippen molar-refractivity contribution < 1.29 is 26.7 Å². The van der Waals surface area contributed by atoms with Gasteiger partial charge in [-0.25, -0.2) is 8.78 Å². The summed E-state index contributed by atoms with van der Waals surface area (Å²) < 4.78 is 64.5. The third-order valence-corrected chi connectivity index (χ3v) is 4.16. The molecule has 1 aliphatic carbocycles. The van der Waals surface area contributed by atoms with Crippen molar-refractivity contribution in [3.8, 4) is 0 Å². The largest absolute Gasteiger partial charge is 0.416 e. The zero-order valence-corrected chi connectivity index (χ0v) is 12.9. The third-order valence-electron chi connectivity index (χ3n) is 4.16. The lowest BCUT2D eigenvalue weighted by atomic mass is 9.83. The smallest absolute Gasteiger partial charge is 0.299 e. The van der Waals surface area contributed by atoms with Gasteiger partial charge >= 0.3 is 6.18 Å². The van der Waals surface area contributed by atoms with Crippen molar-refractivity contribution in [2.24, 2.45) is 5.92 Å². The van der Waals surface area contributed by atoms with Gasteiger partial charge in [-0.3, -0.25) is 4.79 Å². The van der Waals surface area contributed by atoms with E-state index in [1.807, 2.05) is 0 Å². The molecule has 1 saturated carbocycles. The SMILES string of the molecule is C=C/C(CC(=O)CCC1CCC(F)(F)CC1)=C(\C=C)C(F)(F)F. The van der Waals surface area contributed by atoms with Crippen LogP contribution in [0.3, 0.4) is 0 Å². The molecule has 1 rings (SSSR count). The van der Waals surface area contributed by atoms with Crippen molar-refractivity contribution in [1.29, 1.82) is 0 Å². The van der Waals surface area contributed by atoms with E-state index in [1.54, 1.807) is 0 Å². The Hall–Kier alpha value is -1.46. The van der Waals surface area contributed by atoms with Gasteiger partial charge in [0.05, 0.1) is 5.57 Å². The number of ketones is 1. The average molecular weight is 336 g/mol. The van der Waals surface area contributed by atoms with Crippen LogP contribution >= 0.6 is 0 Å². The van der Waals surface area contributed by atoms with Crippen molar-refractivity contribution in [3.63, 3.8) is 0 Å². The Morgan fingerprint density at radius 3 is 2.13 bits per heavy atom. The predicted octanol–water partition coefficient (Wildman–Crippen LogP) is 5.78. The summed E-state index contributed by atoms with van der Waals surface area (Å²) >= 11 is 0. The summed E-state index contributed by atoms with van der Waals surface area (Å²) in [5.41, 5.74) is -1.16. The van der Waals surface area contributed by atoms with E-state index in [0.29, 0.717) is 25.3 Å². The minimum absolute atomic E-state index is 0.0382. The second kappa shape index (κ2) is 7.88. The molecule has 6 heteroatoms. The topological polar surface area (TPSA) is 17.1 Å². The van der Waals surface area contributed by atoms with E-state index in [9.17, 15) is 26.7 Å². The maximum atomic E-state index is 13.0. The maximum absolute atomic E-state index is 13.0. The summed E-state index contributed by atoms with van der Waals surface area (Å²) in [5.74, 6) is -2.93. The van der Waals surface area contributed by atoms with Crippen LogP contribution in [0.2, 0.25) is 0 Å². The van der Waals surface area contributed by atoms with Crippen molar-refractivity contribution in [2.75, 3.05) is 0 Å². The van der Waals surface area contributed by atoms with Crippen molar-refractivity contribution >= 4 is 5.78 Å². The first-order chi connectivity index (χ1) is 10.6. The standard InChI is InChI=1S/C17H21F5O/c1-3-13(15(4-2)17(20,21)22)11-14(23)6-5-12-7-9-16(18,19)10-8-12/h3-4,12H,1-2,5-11H2/b15-13-. The van der Waals surface area contributed by atoms with Gasteiger partial charge in [0.25, 0.3) is 0 Å². The van der Waals surface area contributed by atoms with Gasteiger partial charge in [0.2, 0.25) is 5.92 Å². The molecule has 0 aromatic rings. The van der Waals surface area contributed by atoms with Crippen LogP contribution in [0.5, 0.6) is 0 Å². The molecule has 0 aliphatic heterocycles. The minimum Gasteiger partial charge on any atom is -0.299 e. The number of Topliss-reactive ketones (excluding diaryl/α,β-unsaturated/α-hetero) is 1. The summed E-state index contributed by atoms with van der Waals surface area (Å²) in [7, 11) is 0. The normalized spacial score (nSPS) is 19.9. The molecule has 23 heavy (non-hydrogen) atoms. The Balaban J connectivity index is 2.57. The van der Waals surface area contributed by atoms with Crippen LogP contribution in [-0.4, -0.2) is 17.9 Å². The van der Waals surface area contributed by atoms with Crippen LogP contribution in [-0.2, 0) is 4.79 Å². The van der Waals surface area contributed by atoms with Gasteiger partial charge in [-0.05, 0) is 30.8 Å². The molecule has 130 valence electrons. The second-order valence-corrected chi connectivity index (χ2v) is 5.90. The van der Waals surface area contributed by atoms with Crippen molar-refractivity contribution in [2.45, 2.75) is 57.0 Å². The molecule has 0 bridgehead atoms. The highest BCUT2D eigenvalue weighted by Crippen LogP contribution is 2.38. The number of hydrogen-bond donors (Lipinski definition) is 0. The van der Waals surface area contributed by atoms with Gasteiger partial charge < -0.3 is 0 Å². The zero-order chi connectivity index (χ0) is 17.7. The second-order valence-electron chi connectivity index (χ2n) is 5.90. The minimum atomic E-state index is -4.58. The fourth-order valence-electron chi connectivity index (χ4n) is 2.76. The van der Waals surface area contributed by atoms with Crippen LogP contribution < -0.4 is 0 Å². The number of alkyl halides is 5. The van der Waals surface area contributed by atoms with Crippen LogP contribution in [0.1, 0.15) is 44.9 Å². The summed E-state index contributed by atoms with van der Waals surface area (Å²) in [5, 5.41) is 0. The molecule has 0 heterocycles. The molecule has 0 N–H and O–H groups in total. The van der Waals surface area contributed by atoms with E-state index in [-0.39, 0.29) is 43.0 Å². The van der Waals surface area contributed by atoms with Gasteiger partial charge in [0.15, 0.2) is 0 Å². The first-order valence-electron chi connectivity index (χ1n) is 7.54. The molecular weight excluding hydrogens is 315 g/mol. The van der Waals surface area contributed by atoms with Gasteiger partial charge in [-0.15, -0.1) is 0 Å². The number of rotatable bonds is 7. The van der Waals surface area contributed by atoms with E-state index in [2.05, 4.69) is 13.2 Å². The Labute approximate surface area is 132 Å². The monoisotopic (exact) mass is 336 g/mol. The molecule has 0 spiro atoms. The molecule has 0 unspecified atom stereocenters. The third kappa shape index (κ3) is 6.28. The molecule has 1 nitrogen and oxygen atoms in total. The lowest BCUT2D eigenvalue weighted by molar-refractivity contribution is -0.118. The number of halogens is 5. The zero-order valence-electron chi connectivity index (χ0n) is 12.9. The van der Waals surface area contributed by atoms with Crippen LogP contribution in [0.4, 0.5) is 22.0 Å². The average Bonchev–Trinajstić information content (AvgIpc) is 2.44. The quantitative estimate of drug-likeness (QED) is 0.425. The number of carbonyl (C=O) groups excluding carboxylic acids is 1. The van der Waals surface area contributed by atoms with Crippen LogP contribution in [0.25, 0.3) is 0 Å². The summed E-state index contributed by atoms with van der Waals surface area (Å²) in [6, 6.07) is 0. The van der Waals surface area contributed by atoms with Gasteiger partial charge in [-0.2, -0.15) is 13.2 Å². The van der Waals surface area contributed by atoms with Crippen molar-refractivity contribution in [1.82, 2.24) is 0 Å². The Bertz CT molecular complexity index is 478. The molecular formula is C17H21F5O. The molecule has 1 fully saturated rings. The highest BCUT2D eigenvalue weighted by Gasteiger charge is 2.35. The van der Waals surface area contributed by atoms with E-state index < -0.39 is 17.7 Å².